The zero-order valence-electron chi connectivity index (χ0n) is 10.7. The number of anilines is 1. The molecule has 0 unspecified atom stereocenters. The van der Waals surface area contributed by atoms with Crippen LogP contribution in [0.15, 0.2) is 45.7 Å². The van der Waals surface area contributed by atoms with E-state index in [1.54, 1.807) is 37.3 Å². The van der Waals surface area contributed by atoms with Crippen molar-refractivity contribution in [3.8, 4) is 0 Å². The third-order valence-electron chi connectivity index (χ3n) is 2.49. The molecule has 0 aliphatic rings. The maximum atomic E-state index is 12.0. The fourth-order valence-corrected chi connectivity index (χ4v) is 2.01. The Morgan fingerprint density at radius 3 is 2.80 bits per heavy atom. The molecule has 1 amide bonds. The second-order valence-electron chi connectivity index (χ2n) is 3.86. The van der Waals surface area contributed by atoms with E-state index in [4.69, 9.17) is 9.15 Å². The number of rotatable bonds is 4. The number of amides is 1. The van der Waals surface area contributed by atoms with Crippen molar-refractivity contribution in [3.05, 3.63) is 52.4 Å². The van der Waals surface area contributed by atoms with Crippen LogP contribution < -0.4 is 5.32 Å². The summed E-state index contributed by atoms with van der Waals surface area (Å²) >= 11 is 3.14. The molecular formula is C14H12BrNO4. The van der Waals surface area contributed by atoms with Gasteiger partial charge in [-0.3, -0.25) is 4.79 Å². The highest BCUT2D eigenvalue weighted by Crippen LogP contribution is 2.19. The van der Waals surface area contributed by atoms with E-state index in [1.807, 2.05) is 0 Å². The van der Waals surface area contributed by atoms with Gasteiger partial charge in [0.05, 0.1) is 24.0 Å². The Hall–Kier alpha value is -2.08. The molecule has 104 valence electrons. The summed E-state index contributed by atoms with van der Waals surface area (Å²) in [5.74, 6) is -0.750. The van der Waals surface area contributed by atoms with Crippen molar-refractivity contribution >= 4 is 33.5 Å². The number of carbonyl (C=O) groups is 2. The van der Waals surface area contributed by atoms with E-state index in [9.17, 15) is 9.59 Å². The fraction of sp³-hybridized carbons (Fsp3) is 0.143. The Morgan fingerprint density at radius 2 is 2.15 bits per heavy atom. The maximum Gasteiger partial charge on any atom is 0.338 e. The molecular weight excluding hydrogens is 326 g/mol. The average molecular weight is 338 g/mol. The van der Waals surface area contributed by atoms with Crippen LogP contribution in [-0.2, 0) is 4.74 Å². The number of furan rings is 1. The molecule has 0 bridgehead atoms. The van der Waals surface area contributed by atoms with Gasteiger partial charge in [0.15, 0.2) is 4.67 Å². The van der Waals surface area contributed by atoms with Crippen molar-refractivity contribution in [3.63, 3.8) is 0 Å². The number of nitrogens with one attached hydrogen (secondary N) is 1. The second-order valence-corrected chi connectivity index (χ2v) is 4.58. The predicted octanol–water partition coefficient (Wildman–Crippen LogP) is 3.47. The normalized spacial score (nSPS) is 10.1. The van der Waals surface area contributed by atoms with Gasteiger partial charge in [-0.25, -0.2) is 4.79 Å². The molecule has 0 saturated heterocycles. The summed E-state index contributed by atoms with van der Waals surface area (Å²) in [5.41, 5.74) is 1.27. The van der Waals surface area contributed by atoms with Gasteiger partial charge in [-0.1, -0.05) is 6.07 Å². The summed E-state index contributed by atoms with van der Waals surface area (Å²) in [4.78, 5) is 23.6. The minimum absolute atomic E-state index is 0.303. The fourth-order valence-electron chi connectivity index (χ4n) is 1.59. The second kappa shape index (κ2) is 6.38. The lowest BCUT2D eigenvalue weighted by atomic mass is 10.2. The van der Waals surface area contributed by atoms with Gasteiger partial charge in [0, 0.05) is 5.69 Å². The van der Waals surface area contributed by atoms with Gasteiger partial charge in [-0.15, -0.1) is 0 Å². The maximum absolute atomic E-state index is 12.0. The molecule has 6 heteroatoms. The first-order valence-electron chi connectivity index (χ1n) is 5.93. The lowest BCUT2D eigenvalue weighted by Gasteiger charge is -2.06. The first-order chi connectivity index (χ1) is 9.61. The number of ether oxygens (including phenoxy) is 1. The van der Waals surface area contributed by atoms with E-state index in [2.05, 4.69) is 21.2 Å². The molecule has 0 aliphatic heterocycles. The Morgan fingerprint density at radius 1 is 1.35 bits per heavy atom. The highest BCUT2D eigenvalue weighted by molar-refractivity contribution is 9.10. The van der Waals surface area contributed by atoms with Crippen LogP contribution in [0.2, 0.25) is 0 Å². The number of hydrogen-bond acceptors (Lipinski definition) is 4. The molecule has 1 N–H and O–H groups in total. The Kier molecular flexibility index (Phi) is 4.57. The van der Waals surface area contributed by atoms with Gasteiger partial charge in [0.2, 0.25) is 0 Å². The molecule has 0 atom stereocenters. The van der Waals surface area contributed by atoms with Crippen molar-refractivity contribution < 1.29 is 18.7 Å². The first-order valence-corrected chi connectivity index (χ1v) is 6.72. The number of esters is 1. The number of carbonyl (C=O) groups excluding carboxylic acids is 2. The zero-order chi connectivity index (χ0) is 14.5. The summed E-state index contributed by atoms with van der Waals surface area (Å²) in [6.45, 7) is 2.04. The van der Waals surface area contributed by atoms with Gasteiger partial charge in [-0.2, -0.15) is 0 Å². The van der Waals surface area contributed by atoms with Crippen LogP contribution in [0.3, 0.4) is 0 Å². The summed E-state index contributed by atoms with van der Waals surface area (Å²) in [6, 6.07) is 8.10. The summed E-state index contributed by atoms with van der Waals surface area (Å²) in [5, 5.41) is 2.69. The molecule has 0 spiro atoms. The third-order valence-corrected chi connectivity index (χ3v) is 3.11. The van der Waals surface area contributed by atoms with Crippen LogP contribution in [0.4, 0.5) is 5.69 Å². The molecule has 0 fully saturated rings. The third kappa shape index (κ3) is 3.27. The standard InChI is InChI=1S/C14H12BrNO4/c1-2-19-14(18)9-4-3-5-10(8-9)16-13(17)11-6-7-20-12(11)15/h3-8H,2H2,1H3,(H,16,17). The largest absolute Gasteiger partial charge is 0.462 e. The lowest BCUT2D eigenvalue weighted by molar-refractivity contribution is 0.0526. The van der Waals surface area contributed by atoms with E-state index in [-0.39, 0.29) is 5.91 Å². The SMILES string of the molecule is CCOC(=O)c1cccc(NC(=O)c2ccoc2Br)c1. The topological polar surface area (TPSA) is 68.5 Å². The van der Waals surface area contributed by atoms with Gasteiger partial charge in [0.25, 0.3) is 5.91 Å². The van der Waals surface area contributed by atoms with E-state index >= 15 is 0 Å². The van der Waals surface area contributed by atoms with E-state index in [0.29, 0.717) is 28.1 Å². The number of hydrogen-bond donors (Lipinski definition) is 1. The molecule has 0 aliphatic carbocycles. The van der Waals surface area contributed by atoms with Crippen LogP contribution >= 0.6 is 15.9 Å². The van der Waals surface area contributed by atoms with Gasteiger partial charge in [-0.05, 0) is 47.1 Å². The Balaban J connectivity index is 2.14. The van der Waals surface area contributed by atoms with Crippen molar-refractivity contribution in [2.24, 2.45) is 0 Å². The van der Waals surface area contributed by atoms with Crippen molar-refractivity contribution in [1.82, 2.24) is 0 Å². The highest BCUT2D eigenvalue weighted by Gasteiger charge is 2.13. The van der Waals surface area contributed by atoms with E-state index < -0.39 is 5.97 Å². The zero-order valence-corrected chi connectivity index (χ0v) is 12.3. The molecule has 1 aromatic heterocycles. The summed E-state index contributed by atoms with van der Waals surface area (Å²) in [6.07, 6.45) is 1.41. The molecule has 1 aromatic carbocycles. The molecule has 0 saturated carbocycles. The minimum Gasteiger partial charge on any atom is -0.462 e. The average Bonchev–Trinajstić information content (AvgIpc) is 2.85. The van der Waals surface area contributed by atoms with Crippen molar-refractivity contribution in [2.75, 3.05) is 11.9 Å². The summed E-state index contributed by atoms with van der Waals surface area (Å²) < 4.78 is 10.3. The van der Waals surface area contributed by atoms with Crippen LogP contribution in [0, 0.1) is 0 Å². The number of halogens is 1. The van der Waals surface area contributed by atoms with Crippen LogP contribution in [-0.4, -0.2) is 18.5 Å². The highest BCUT2D eigenvalue weighted by atomic mass is 79.9. The Labute approximate surface area is 124 Å². The van der Waals surface area contributed by atoms with Crippen molar-refractivity contribution in [2.45, 2.75) is 6.92 Å². The van der Waals surface area contributed by atoms with Crippen molar-refractivity contribution in [1.29, 1.82) is 0 Å². The van der Waals surface area contributed by atoms with Gasteiger partial charge < -0.3 is 14.5 Å². The first kappa shape index (κ1) is 14.3. The lowest BCUT2D eigenvalue weighted by Crippen LogP contribution is -2.12. The van der Waals surface area contributed by atoms with E-state index in [1.165, 1.54) is 6.26 Å². The molecule has 2 rings (SSSR count). The number of benzene rings is 1. The van der Waals surface area contributed by atoms with Crippen LogP contribution in [0.5, 0.6) is 0 Å². The Bertz CT molecular complexity index is 636. The van der Waals surface area contributed by atoms with Crippen LogP contribution in [0.25, 0.3) is 0 Å². The monoisotopic (exact) mass is 337 g/mol. The van der Waals surface area contributed by atoms with Gasteiger partial charge >= 0.3 is 5.97 Å². The minimum atomic E-state index is -0.423. The molecule has 0 radical (unpaired) electrons. The predicted molar refractivity (Wildman–Crippen MR) is 76.8 cm³/mol. The summed E-state index contributed by atoms with van der Waals surface area (Å²) in [7, 11) is 0. The molecule has 1 heterocycles. The van der Waals surface area contributed by atoms with Crippen LogP contribution in [0.1, 0.15) is 27.6 Å². The molecule has 5 nitrogen and oxygen atoms in total. The van der Waals surface area contributed by atoms with E-state index in [0.717, 1.165) is 0 Å². The molecule has 20 heavy (non-hydrogen) atoms. The molecule has 2 aromatic rings. The smallest absolute Gasteiger partial charge is 0.338 e. The quantitative estimate of drug-likeness (QED) is 0.867. The van der Waals surface area contributed by atoms with Gasteiger partial charge in [0.1, 0.15) is 0 Å².